The van der Waals surface area contributed by atoms with E-state index in [-0.39, 0.29) is 24.7 Å². The minimum absolute atomic E-state index is 0.0528. The van der Waals surface area contributed by atoms with Crippen LogP contribution < -0.4 is 15.4 Å². The van der Waals surface area contributed by atoms with Crippen molar-refractivity contribution in [3.8, 4) is 5.75 Å². The summed E-state index contributed by atoms with van der Waals surface area (Å²) in [5.74, 6) is 0.177. The Labute approximate surface area is 168 Å². The van der Waals surface area contributed by atoms with Gasteiger partial charge in [0.15, 0.2) is 0 Å². The fourth-order valence-corrected chi connectivity index (χ4v) is 3.44. The lowest BCUT2D eigenvalue weighted by atomic mass is 10.0. The van der Waals surface area contributed by atoms with Gasteiger partial charge in [-0.2, -0.15) is 0 Å². The van der Waals surface area contributed by atoms with Crippen molar-refractivity contribution in [2.45, 2.75) is 18.9 Å². The third kappa shape index (κ3) is 4.52. The molecule has 7 heteroatoms. The highest BCUT2D eigenvalue weighted by Crippen LogP contribution is 2.31. The van der Waals surface area contributed by atoms with Crippen molar-refractivity contribution in [3.63, 3.8) is 0 Å². The Morgan fingerprint density at radius 3 is 2.82 bits per heavy atom. The molecule has 0 spiro atoms. The summed E-state index contributed by atoms with van der Waals surface area (Å²) in [5, 5.41) is 0.316. The molecule has 2 N–H and O–H groups in total. The fourth-order valence-electron chi connectivity index (χ4n) is 3.13. The Morgan fingerprint density at radius 1 is 1.29 bits per heavy atom. The molecule has 0 aromatic heterocycles. The number of rotatable bonds is 6. The molecule has 0 saturated heterocycles. The van der Waals surface area contributed by atoms with Crippen LogP contribution in [0.5, 0.6) is 5.75 Å². The molecule has 6 nitrogen and oxygen atoms in total. The van der Waals surface area contributed by atoms with Gasteiger partial charge < -0.3 is 20.1 Å². The molecule has 28 heavy (non-hydrogen) atoms. The summed E-state index contributed by atoms with van der Waals surface area (Å²) in [5.41, 5.74) is 8.93. The van der Waals surface area contributed by atoms with Crippen molar-refractivity contribution >= 4 is 29.4 Å². The zero-order valence-electron chi connectivity index (χ0n) is 15.3. The maximum Gasteiger partial charge on any atom is 0.514 e. The van der Waals surface area contributed by atoms with Crippen molar-refractivity contribution in [3.05, 3.63) is 71.3 Å². The van der Waals surface area contributed by atoms with Crippen molar-refractivity contribution in [2.24, 2.45) is 5.73 Å². The average molecular weight is 401 g/mol. The molecule has 3 rings (SSSR count). The summed E-state index contributed by atoms with van der Waals surface area (Å²) in [6.07, 6.45) is 1.55. The number of carbonyl (C=O) groups excluding carboxylic acids is 2. The lowest BCUT2D eigenvalue weighted by Crippen LogP contribution is -2.31. The van der Waals surface area contributed by atoms with Crippen molar-refractivity contribution in [1.82, 2.24) is 0 Å². The topological polar surface area (TPSA) is 81.9 Å². The van der Waals surface area contributed by atoms with Crippen LogP contribution in [0.1, 0.15) is 23.6 Å². The number of fused-ring (bicyclic) bond motifs is 1. The number of hydrogen-bond donors (Lipinski definition) is 1. The number of carbonyl (C=O) groups is 2. The summed E-state index contributed by atoms with van der Waals surface area (Å²) in [4.78, 5) is 26.0. The second-order valence-corrected chi connectivity index (χ2v) is 6.78. The molecular weight excluding hydrogens is 380 g/mol. The van der Waals surface area contributed by atoms with E-state index in [1.807, 2.05) is 24.3 Å². The van der Waals surface area contributed by atoms with E-state index >= 15 is 0 Å². The molecule has 0 radical (unpaired) electrons. The van der Waals surface area contributed by atoms with E-state index in [4.69, 9.17) is 26.8 Å². The van der Waals surface area contributed by atoms with Crippen LogP contribution in [0.2, 0.25) is 5.02 Å². The van der Waals surface area contributed by atoms with Gasteiger partial charge in [-0.25, -0.2) is 4.79 Å². The average Bonchev–Trinajstić information content (AvgIpc) is 3.10. The molecule has 146 valence electrons. The molecule has 2 aromatic carbocycles. The summed E-state index contributed by atoms with van der Waals surface area (Å²) in [7, 11) is 0. The van der Waals surface area contributed by atoms with Crippen molar-refractivity contribution in [1.29, 1.82) is 0 Å². The van der Waals surface area contributed by atoms with Gasteiger partial charge in [-0.3, -0.25) is 4.79 Å². The van der Waals surface area contributed by atoms with Gasteiger partial charge in [0.05, 0.1) is 0 Å². The zero-order valence-corrected chi connectivity index (χ0v) is 16.0. The van der Waals surface area contributed by atoms with Crippen LogP contribution in [-0.2, 0) is 16.0 Å². The Morgan fingerprint density at radius 2 is 2.07 bits per heavy atom. The number of amides is 1. The van der Waals surface area contributed by atoms with Gasteiger partial charge in [-0.05, 0) is 35.7 Å². The molecule has 1 heterocycles. The summed E-state index contributed by atoms with van der Waals surface area (Å²) >= 11 is 6.28. The molecule has 1 atom stereocenters. The van der Waals surface area contributed by atoms with Gasteiger partial charge in [0.25, 0.3) is 0 Å². The van der Waals surface area contributed by atoms with Crippen molar-refractivity contribution < 1.29 is 19.1 Å². The van der Waals surface area contributed by atoms with Crippen LogP contribution in [-0.4, -0.2) is 25.2 Å². The van der Waals surface area contributed by atoms with E-state index in [2.05, 4.69) is 6.58 Å². The Kier molecular flexibility index (Phi) is 6.34. The third-order valence-electron chi connectivity index (χ3n) is 4.47. The Balaban J connectivity index is 1.64. The summed E-state index contributed by atoms with van der Waals surface area (Å²) < 4.78 is 9.78. The van der Waals surface area contributed by atoms with Gasteiger partial charge in [0, 0.05) is 29.7 Å². The largest absolute Gasteiger partial charge is 0.514 e. The number of para-hydroxylation sites is 1. The van der Waals surface area contributed by atoms with E-state index in [1.165, 1.54) is 12.1 Å². The molecular formula is C21H21ClN2O4. The van der Waals surface area contributed by atoms with E-state index in [9.17, 15) is 9.59 Å². The molecule has 2 aromatic rings. The Hall–Kier alpha value is -2.83. The van der Waals surface area contributed by atoms with E-state index < -0.39 is 12.2 Å². The highest BCUT2D eigenvalue weighted by molar-refractivity contribution is 6.31. The van der Waals surface area contributed by atoms with E-state index in [1.54, 1.807) is 17.0 Å². The highest BCUT2D eigenvalue weighted by atomic mass is 35.5. The van der Waals surface area contributed by atoms with Crippen LogP contribution in [0.25, 0.3) is 0 Å². The monoisotopic (exact) mass is 400 g/mol. The first-order chi connectivity index (χ1) is 13.5. The molecule has 1 amide bonds. The zero-order chi connectivity index (χ0) is 20.1. The standard InChI is InChI=1S/C21H21ClN2O4/c1-2-11-27-21(26)28-15-7-8-16(17(22)12-15)18(23)13-20(25)24-10-9-14-5-3-4-6-19(14)24/h2-8,12,18H,1,9-11,13,23H2. The van der Waals surface area contributed by atoms with Crippen LogP contribution in [0, 0.1) is 0 Å². The van der Waals surface area contributed by atoms with Crippen LogP contribution in [0.3, 0.4) is 0 Å². The third-order valence-corrected chi connectivity index (χ3v) is 4.80. The van der Waals surface area contributed by atoms with Crippen LogP contribution in [0.4, 0.5) is 10.5 Å². The molecule has 1 aliphatic rings. The van der Waals surface area contributed by atoms with E-state index in [0.29, 0.717) is 17.1 Å². The minimum Gasteiger partial charge on any atom is -0.430 e. The van der Waals surface area contributed by atoms with E-state index in [0.717, 1.165) is 17.7 Å². The smallest absolute Gasteiger partial charge is 0.430 e. The van der Waals surface area contributed by atoms with Crippen LogP contribution >= 0.6 is 11.6 Å². The summed E-state index contributed by atoms with van der Waals surface area (Å²) in [6, 6.07) is 12.0. The lowest BCUT2D eigenvalue weighted by molar-refractivity contribution is -0.118. The SMILES string of the molecule is C=CCOC(=O)Oc1ccc(C(N)CC(=O)N2CCc3ccccc32)c(Cl)c1. The minimum atomic E-state index is -0.851. The van der Waals surface area contributed by atoms with Gasteiger partial charge in [0.1, 0.15) is 12.4 Å². The first-order valence-electron chi connectivity index (χ1n) is 8.88. The number of benzene rings is 2. The van der Waals surface area contributed by atoms with Gasteiger partial charge in [-0.1, -0.05) is 48.5 Å². The number of ether oxygens (including phenoxy) is 2. The molecule has 1 unspecified atom stereocenters. The second-order valence-electron chi connectivity index (χ2n) is 6.37. The quantitative estimate of drug-likeness (QED) is 0.450. The normalized spacial score (nSPS) is 13.6. The number of nitrogens with two attached hydrogens (primary N) is 1. The first-order valence-corrected chi connectivity index (χ1v) is 9.26. The maximum atomic E-state index is 12.7. The summed E-state index contributed by atoms with van der Waals surface area (Å²) in [6.45, 7) is 4.15. The number of halogens is 1. The van der Waals surface area contributed by atoms with Gasteiger partial charge >= 0.3 is 6.16 Å². The number of hydrogen-bond acceptors (Lipinski definition) is 5. The van der Waals surface area contributed by atoms with Gasteiger partial charge in [-0.15, -0.1) is 0 Å². The van der Waals surface area contributed by atoms with Crippen molar-refractivity contribution in [2.75, 3.05) is 18.1 Å². The van der Waals surface area contributed by atoms with Gasteiger partial charge in [0.2, 0.25) is 5.91 Å². The fraction of sp³-hybridized carbons (Fsp3) is 0.238. The molecule has 0 saturated carbocycles. The Bertz CT molecular complexity index is 900. The predicted molar refractivity (Wildman–Crippen MR) is 108 cm³/mol. The molecule has 1 aliphatic heterocycles. The highest BCUT2D eigenvalue weighted by Gasteiger charge is 2.26. The lowest BCUT2D eigenvalue weighted by Gasteiger charge is -2.20. The number of anilines is 1. The maximum absolute atomic E-state index is 12.7. The predicted octanol–water partition coefficient (Wildman–Crippen LogP) is 4.02. The number of nitrogens with zero attached hydrogens (tertiary/aromatic N) is 1. The molecule has 0 fully saturated rings. The molecule has 0 bridgehead atoms. The van der Waals surface area contributed by atoms with Crippen LogP contribution in [0.15, 0.2) is 55.1 Å². The first kappa shape index (κ1) is 19.9. The molecule has 0 aliphatic carbocycles. The second kappa shape index (κ2) is 8.91.